The zero-order valence-corrected chi connectivity index (χ0v) is 12.0. The maximum atomic E-state index is 13.4. The van der Waals surface area contributed by atoms with E-state index in [-0.39, 0.29) is 17.6 Å². The van der Waals surface area contributed by atoms with Crippen LogP contribution in [0.4, 0.5) is 10.1 Å². The molecule has 1 heterocycles. The first-order valence-corrected chi connectivity index (χ1v) is 6.75. The van der Waals surface area contributed by atoms with Gasteiger partial charge in [0.15, 0.2) is 0 Å². The van der Waals surface area contributed by atoms with Crippen LogP contribution in [0.1, 0.15) is 12.5 Å². The molecular weight excluding hydrogens is 299 g/mol. The topological polar surface area (TPSA) is 41.1 Å². The van der Waals surface area contributed by atoms with Gasteiger partial charge in [-0.05, 0) is 59.6 Å². The molecule has 0 aromatic heterocycles. The SMILES string of the molecule is Cc1cc(Br)c(F)cc1NC(=O)C(C)C1CNC1. The molecule has 1 aromatic carbocycles. The van der Waals surface area contributed by atoms with Crippen LogP contribution in [0.2, 0.25) is 0 Å². The van der Waals surface area contributed by atoms with Crippen molar-refractivity contribution in [1.82, 2.24) is 5.32 Å². The molecule has 1 amide bonds. The Balaban J connectivity index is 2.08. The van der Waals surface area contributed by atoms with E-state index in [0.29, 0.717) is 16.1 Å². The van der Waals surface area contributed by atoms with E-state index >= 15 is 0 Å². The van der Waals surface area contributed by atoms with Gasteiger partial charge >= 0.3 is 0 Å². The summed E-state index contributed by atoms with van der Waals surface area (Å²) in [4.78, 5) is 12.0. The molecule has 2 N–H and O–H groups in total. The Hall–Kier alpha value is -0.940. The zero-order chi connectivity index (χ0) is 13.3. The fraction of sp³-hybridized carbons (Fsp3) is 0.462. The molecule has 1 atom stereocenters. The van der Waals surface area contributed by atoms with Gasteiger partial charge in [0.2, 0.25) is 5.91 Å². The number of aryl methyl sites for hydroxylation is 1. The lowest BCUT2D eigenvalue weighted by atomic mass is 9.88. The number of halogens is 2. The van der Waals surface area contributed by atoms with Crippen LogP contribution >= 0.6 is 15.9 Å². The summed E-state index contributed by atoms with van der Waals surface area (Å²) in [6.45, 7) is 5.51. The summed E-state index contributed by atoms with van der Waals surface area (Å²) in [5.74, 6) is -0.0943. The second kappa shape index (κ2) is 5.36. The smallest absolute Gasteiger partial charge is 0.227 e. The van der Waals surface area contributed by atoms with Crippen LogP contribution in [0.25, 0.3) is 0 Å². The van der Waals surface area contributed by atoms with Crippen LogP contribution in [0.15, 0.2) is 16.6 Å². The van der Waals surface area contributed by atoms with E-state index in [9.17, 15) is 9.18 Å². The van der Waals surface area contributed by atoms with Gasteiger partial charge < -0.3 is 10.6 Å². The van der Waals surface area contributed by atoms with Crippen molar-refractivity contribution in [3.63, 3.8) is 0 Å². The first kappa shape index (κ1) is 13.5. The van der Waals surface area contributed by atoms with Gasteiger partial charge in [0.1, 0.15) is 5.82 Å². The first-order chi connectivity index (χ1) is 8.49. The van der Waals surface area contributed by atoms with E-state index in [1.54, 1.807) is 6.07 Å². The Kier molecular flexibility index (Phi) is 4.02. The van der Waals surface area contributed by atoms with Gasteiger partial charge in [0, 0.05) is 11.6 Å². The lowest BCUT2D eigenvalue weighted by molar-refractivity contribution is -0.121. The number of benzene rings is 1. The van der Waals surface area contributed by atoms with Crippen LogP contribution in [-0.4, -0.2) is 19.0 Å². The largest absolute Gasteiger partial charge is 0.325 e. The first-order valence-electron chi connectivity index (χ1n) is 5.96. The molecule has 18 heavy (non-hydrogen) atoms. The Labute approximate surface area is 114 Å². The third-order valence-electron chi connectivity index (χ3n) is 3.46. The molecule has 98 valence electrons. The van der Waals surface area contributed by atoms with E-state index in [2.05, 4.69) is 26.6 Å². The Bertz CT molecular complexity index is 474. The molecule has 0 radical (unpaired) electrons. The van der Waals surface area contributed by atoms with Crippen molar-refractivity contribution < 1.29 is 9.18 Å². The fourth-order valence-electron chi connectivity index (χ4n) is 1.91. The van der Waals surface area contributed by atoms with Gasteiger partial charge in [-0.2, -0.15) is 0 Å². The van der Waals surface area contributed by atoms with Crippen molar-refractivity contribution in [2.45, 2.75) is 13.8 Å². The molecule has 0 saturated carbocycles. The van der Waals surface area contributed by atoms with Gasteiger partial charge in [-0.25, -0.2) is 4.39 Å². The van der Waals surface area contributed by atoms with E-state index < -0.39 is 0 Å². The van der Waals surface area contributed by atoms with Gasteiger partial charge in [0.25, 0.3) is 0 Å². The number of carbonyl (C=O) groups excluding carboxylic acids is 1. The molecule has 0 spiro atoms. The van der Waals surface area contributed by atoms with Crippen molar-refractivity contribution in [1.29, 1.82) is 0 Å². The van der Waals surface area contributed by atoms with E-state index in [0.717, 1.165) is 18.7 Å². The van der Waals surface area contributed by atoms with Crippen LogP contribution in [0.3, 0.4) is 0 Å². The number of anilines is 1. The maximum Gasteiger partial charge on any atom is 0.227 e. The molecule has 0 bridgehead atoms. The summed E-state index contributed by atoms with van der Waals surface area (Å²) >= 11 is 3.12. The average molecular weight is 315 g/mol. The fourth-order valence-corrected chi connectivity index (χ4v) is 2.36. The predicted molar refractivity (Wildman–Crippen MR) is 73.0 cm³/mol. The standard InChI is InChI=1S/C13H16BrFN2O/c1-7-3-10(14)11(15)4-12(7)17-13(18)8(2)9-5-16-6-9/h3-4,8-9,16H,5-6H2,1-2H3,(H,17,18). The number of hydrogen-bond acceptors (Lipinski definition) is 2. The van der Waals surface area contributed by atoms with Gasteiger partial charge in [-0.3, -0.25) is 4.79 Å². The van der Waals surface area contributed by atoms with Gasteiger partial charge in [-0.15, -0.1) is 0 Å². The molecule has 1 aliphatic rings. The summed E-state index contributed by atoms with van der Waals surface area (Å²) in [6, 6.07) is 3.02. The minimum Gasteiger partial charge on any atom is -0.325 e. The minimum atomic E-state index is -0.367. The van der Waals surface area contributed by atoms with Gasteiger partial charge in [-0.1, -0.05) is 6.92 Å². The molecule has 0 aliphatic carbocycles. The molecule has 1 aromatic rings. The van der Waals surface area contributed by atoms with E-state index in [4.69, 9.17) is 0 Å². The van der Waals surface area contributed by atoms with Crippen LogP contribution in [0.5, 0.6) is 0 Å². The monoisotopic (exact) mass is 314 g/mol. The Morgan fingerprint density at radius 1 is 1.56 bits per heavy atom. The highest BCUT2D eigenvalue weighted by Crippen LogP contribution is 2.25. The third kappa shape index (κ3) is 2.72. The Morgan fingerprint density at radius 2 is 2.22 bits per heavy atom. The van der Waals surface area contributed by atoms with Gasteiger partial charge in [0.05, 0.1) is 4.47 Å². The van der Waals surface area contributed by atoms with Crippen LogP contribution in [-0.2, 0) is 4.79 Å². The lowest BCUT2D eigenvalue weighted by Crippen LogP contribution is -2.48. The van der Waals surface area contributed by atoms with Crippen molar-refractivity contribution in [2.75, 3.05) is 18.4 Å². The lowest BCUT2D eigenvalue weighted by Gasteiger charge is -2.31. The van der Waals surface area contributed by atoms with Crippen LogP contribution in [0, 0.1) is 24.6 Å². The molecule has 1 saturated heterocycles. The highest BCUT2D eigenvalue weighted by molar-refractivity contribution is 9.10. The molecule has 1 unspecified atom stereocenters. The number of rotatable bonds is 3. The second-order valence-electron chi connectivity index (χ2n) is 4.78. The second-order valence-corrected chi connectivity index (χ2v) is 5.63. The number of carbonyl (C=O) groups is 1. The number of hydrogen-bond donors (Lipinski definition) is 2. The summed E-state index contributed by atoms with van der Waals surface area (Å²) in [5, 5.41) is 5.94. The highest BCUT2D eigenvalue weighted by Gasteiger charge is 2.28. The third-order valence-corrected chi connectivity index (χ3v) is 4.07. The van der Waals surface area contributed by atoms with E-state index in [1.165, 1.54) is 6.07 Å². The van der Waals surface area contributed by atoms with Crippen molar-refractivity contribution >= 4 is 27.5 Å². The molecule has 2 rings (SSSR count). The zero-order valence-electron chi connectivity index (χ0n) is 10.4. The minimum absolute atomic E-state index is 0.0497. The quantitative estimate of drug-likeness (QED) is 0.900. The summed E-state index contributed by atoms with van der Waals surface area (Å²) in [5.41, 5.74) is 1.38. The van der Waals surface area contributed by atoms with Crippen molar-refractivity contribution in [3.05, 3.63) is 28.0 Å². The molecule has 5 heteroatoms. The van der Waals surface area contributed by atoms with Crippen LogP contribution < -0.4 is 10.6 Å². The van der Waals surface area contributed by atoms with Crippen molar-refractivity contribution in [2.24, 2.45) is 11.8 Å². The molecule has 1 fully saturated rings. The summed E-state index contributed by atoms with van der Waals surface area (Å²) in [6.07, 6.45) is 0. The highest BCUT2D eigenvalue weighted by atomic mass is 79.9. The summed E-state index contributed by atoms with van der Waals surface area (Å²) < 4.78 is 13.8. The Morgan fingerprint density at radius 3 is 2.78 bits per heavy atom. The average Bonchev–Trinajstić information content (AvgIpc) is 2.23. The normalized spacial score (nSPS) is 17.1. The predicted octanol–water partition coefficient (Wildman–Crippen LogP) is 2.69. The molecule has 1 aliphatic heterocycles. The number of nitrogens with one attached hydrogen (secondary N) is 2. The van der Waals surface area contributed by atoms with Crippen molar-refractivity contribution in [3.8, 4) is 0 Å². The summed E-state index contributed by atoms with van der Waals surface area (Å²) in [7, 11) is 0. The number of amides is 1. The molecule has 3 nitrogen and oxygen atoms in total. The molecular formula is C13H16BrFN2O. The maximum absolute atomic E-state index is 13.4. The van der Waals surface area contributed by atoms with E-state index in [1.807, 2.05) is 13.8 Å².